The molecule has 1 rings (SSSR count). The first-order valence-electron chi connectivity index (χ1n) is 2.45. The standard InChI is InChI=1S/C5H7F2N/c6-4(7)3-5(8)1-2-5/h3H,1-2,8H2. The number of hydrogen-bond acceptors (Lipinski definition) is 1. The minimum atomic E-state index is -1.66. The molecule has 2 N–H and O–H groups in total. The van der Waals surface area contributed by atoms with Crippen molar-refractivity contribution in [3.8, 4) is 0 Å². The van der Waals surface area contributed by atoms with E-state index in [4.69, 9.17) is 5.73 Å². The lowest BCUT2D eigenvalue weighted by molar-refractivity contribution is 0.414. The Labute approximate surface area is 46.2 Å². The molecule has 0 bridgehead atoms. The van der Waals surface area contributed by atoms with Gasteiger partial charge in [0.15, 0.2) is 0 Å². The van der Waals surface area contributed by atoms with Gasteiger partial charge in [-0.1, -0.05) is 0 Å². The molecule has 3 heteroatoms. The third-order valence-electron chi connectivity index (χ3n) is 1.22. The van der Waals surface area contributed by atoms with Crippen LogP contribution in [-0.4, -0.2) is 5.54 Å². The largest absolute Gasteiger partial charge is 0.322 e. The summed E-state index contributed by atoms with van der Waals surface area (Å²) in [5.41, 5.74) is 4.65. The van der Waals surface area contributed by atoms with Gasteiger partial charge in [-0.2, -0.15) is 8.78 Å². The van der Waals surface area contributed by atoms with E-state index in [9.17, 15) is 8.78 Å². The average Bonchev–Trinajstić information content (AvgIpc) is 2.17. The molecule has 1 aliphatic carbocycles. The van der Waals surface area contributed by atoms with E-state index < -0.39 is 11.6 Å². The van der Waals surface area contributed by atoms with E-state index >= 15 is 0 Å². The van der Waals surface area contributed by atoms with Gasteiger partial charge in [-0.25, -0.2) is 0 Å². The van der Waals surface area contributed by atoms with Gasteiger partial charge in [0.1, 0.15) is 0 Å². The van der Waals surface area contributed by atoms with Crippen LogP contribution < -0.4 is 5.73 Å². The van der Waals surface area contributed by atoms with Gasteiger partial charge in [-0.05, 0) is 12.8 Å². The molecule has 0 unspecified atom stereocenters. The molecule has 0 aromatic heterocycles. The fourth-order valence-electron chi connectivity index (χ4n) is 0.506. The molecule has 8 heavy (non-hydrogen) atoms. The summed E-state index contributed by atoms with van der Waals surface area (Å²) < 4.78 is 22.7. The topological polar surface area (TPSA) is 26.0 Å². The molecule has 0 radical (unpaired) electrons. The smallest absolute Gasteiger partial charge is 0.268 e. The Bertz CT molecular complexity index is 122. The fraction of sp³-hybridized carbons (Fsp3) is 0.600. The third kappa shape index (κ3) is 1.26. The highest BCUT2D eigenvalue weighted by Gasteiger charge is 2.36. The van der Waals surface area contributed by atoms with Gasteiger partial charge >= 0.3 is 0 Å². The van der Waals surface area contributed by atoms with Gasteiger partial charge in [0.2, 0.25) is 0 Å². The summed E-state index contributed by atoms with van der Waals surface area (Å²) in [6, 6.07) is 0. The monoisotopic (exact) mass is 119 g/mol. The Morgan fingerprint density at radius 2 is 2.00 bits per heavy atom. The van der Waals surface area contributed by atoms with Gasteiger partial charge < -0.3 is 5.73 Å². The third-order valence-corrected chi connectivity index (χ3v) is 1.22. The van der Waals surface area contributed by atoms with Crippen LogP contribution in [0.25, 0.3) is 0 Å². The molecular formula is C5H7F2N. The van der Waals surface area contributed by atoms with E-state index in [1.807, 2.05) is 0 Å². The van der Waals surface area contributed by atoms with Crippen molar-refractivity contribution in [2.24, 2.45) is 5.73 Å². The predicted molar refractivity (Wildman–Crippen MR) is 26.5 cm³/mol. The molecule has 0 amide bonds. The number of hydrogen-bond donors (Lipinski definition) is 1. The van der Waals surface area contributed by atoms with Crippen molar-refractivity contribution in [1.29, 1.82) is 0 Å². The van der Waals surface area contributed by atoms with E-state index in [2.05, 4.69) is 0 Å². The lowest BCUT2D eigenvalue weighted by Crippen LogP contribution is -2.17. The van der Waals surface area contributed by atoms with Crippen LogP contribution in [0.2, 0.25) is 0 Å². The molecule has 0 spiro atoms. The summed E-state index contributed by atoms with van der Waals surface area (Å²) in [6.07, 6.45) is 0.562. The summed E-state index contributed by atoms with van der Waals surface area (Å²) >= 11 is 0. The molecule has 0 saturated heterocycles. The lowest BCUT2D eigenvalue weighted by atomic mass is 10.3. The second kappa shape index (κ2) is 1.52. The summed E-state index contributed by atoms with van der Waals surface area (Å²) in [7, 11) is 0. The van der Waals surface area contributed by atoms with E-state index in [1.165, 1.54) is 0 Å². The van der Waals surface area contributed by atoms with Crippen LogP contribution in [0.4, 0.5) is 8.78 Å². The predicted octanol–water partition coefficient (Wildman–Crippen LogP) is 1.26. The molecular weight excluding hydrogens is 112 g/mol. The first-order chi connectivity index (χ1) is 3.62. The molecule has 1 saturated carbocycles. The van der Waals surface area contributed by atoms with Gasteiger partial charge in [0.05, 0.1) is 0 Å². The summed E-state index contributed by atoms with van der Waals surface area (Å²) in [6.45, 7) is 0. The Balaban J connectivity index is 2.50. The van der Waals surface area contributed by atoms with Crippen molar-refractivity contribution in [3.63, 3.8) is 0 Å². The Kier molecular flexibility index (Phi) is 1.08. The van der Waals surface area contributed by atoms with E-state index in [-0.39, 0.29) is 0 Å². The molecule has 1 fully saturated rings. The average molecular weight is 119 g/mol. The van der Waals surface area contributed by atoms with Gasteiger partial charge in [0.25, 0.3) is 6.08 Å². The molecule has 0 aromatic rings. The van der Waals surface area contributed by atoms with Crippen molar-refractivity contribution >= 4 is 0 Å². The van der Waals surface area contributed by atoms with Crippen LogP contribution in [0.1, 0.15) is 12.8 Å². The summed E-state index contributed by atoms with van der Waals surface area (Å²) in [5.74, 6) is 0. The van der Waals surface area contributed by atoms with Crippen LogP contribution in [0.5, 0.6) is 0 Å². The number of nitrogens with two attached hydrogens (primary N) is 1. The van der Waals surface area contributed by atoms with E-state index in [0.29, 0.717) is 12.8 Å². The SMILES string of the molecule is NC1(C=C(F)F)CC1. The maximum Gasteiger partial charge on any atom is 0.268 e. The maximum absolute atomic E-state index is 11.4. The highest BCUT2D eigenvalue weighted by atomic mass is 19.3. The van der Waals surface area contributed by atoms with Crippen LogP contribution in [0, 0.1) is 0 Å². The molecule has 1 nitrogen and oxygen atoms in total. The van der Waals surface area contributed by atoms with Gasteiger partial charge in [-0.3, -0.25) is 0 Å². The zero-order valence-electron chi connectivity index (χ0n) is 4.32. The Morgan fingerprint density at radius 1 is 1.50 bits per heavy atom. The minimum Gasteiger partial charge on any atom is -0.322 e. The van der Waals surface area contributed by atoms with Crippen LogP contribution >= 0.6 is 0 Å². The minimum absolute atomic E-state index is 0.640. The quantitative estimate of drug-likeness (QED) is 0.552. The first-order valence-corrected chi connectivity index (χ1v) is 2.45. The molecule has 0 aliphatic heterocycles. The van der Waals surface area contributed by atoms with Crippen LogP contribution in [-0.2, 0) is 0 Å². The number of halogens is 2. The molecule has 1 aliphatic rings. The first kappa shape index (κ1) is 5.69. The van der Waals surface area contributed by atoms with Crippen molar-refractivity contribution in [3.05, 3.63) is 12.2 Å². The number of rotatable bonds is 1. The lowest BCUT2D eigenvalue weighted by Gasteiger charge is -1.94. The molecule has 0 heterocycles. The van der Waals surface area contributed by atoms with Crippen molar-refractivity contribution in [2.45, 2.75) is 18.4 Å². The maximum atomic E-state index is 11.4. The summed E-state index contributed by atoms with van der Waals surface area (Å²) in [4.78, 5) is 0. The van der Waals surface area contributed by atoms with Crippen LogP contribution in [0.15, 0.2) is 12.2 Å². The van der Waals surface area contributed by atoms with E-state index in [1.54, 1.807) is 0 Å². The Hall–Kier alpha value is -0.440. The van der Waals surface area contributed by atoms with Crippen LogP contribution in [0.3, 0.4) is 0 Å². The highest BCUT2D eigenvalue weighted by molar-refractivity contribution is 5.14. The van der Waals surface area contributed by atoms with Gasteiger partial charge in [0, 0.05) is 11.6 Å². The summed E-state index contributed by atoms with van der Waals surface area (Å²) in [5, 5.41) is 0. The fourth-order valence-corrected chi connectivity index (χ4v) is 0.506. The second-order valence-electron chi connectivity index (χ2n) is 2.17. The van der Waals surface area contributed by atoms with E-state index in [0.717, 1.165) is 6.08 Å². The molecule has 0 aromatic carbocycles. The van der Waals surface area contributed by atoms with Crippen molar-refractivity contribution in [1.82, 2.24) is 0 Å². The van der Waals surface area contributed by atoms with Crippen molar-refractivity contribution in [2.75, 3.05) is 0 Å². The van der Waals surface area contributed by atoms with Gasteiger partial charge in [-0.15, -0.1) is 0 Å². The second-order valence-corrected chi connectivity index (χ2v) is 2.17. The molecule has 0 atom stereocenters. The zero-order valence-corrected chi connectivity index (χ0v) is 4.32. The molecule has 46 valence electrons. The van der Waals surface area contributed by atoms with Crippen molar-refractivity contribution < 1.29 is 8.78 Å². The normalized spacial score (nSPS) is 22.4. The Morgan fingerprint density at radius 3 is 2.12 bits per heavy atom. The zero-order chi connectivity index (χ0) is 6.20. The highest BCUT2D eigenvalue weighted by Crippen LogP contribution is 2.34.